The summed E-state index contributed by atoms with van der Waals surface area (Å²) in [6, 6.07) is 5.13. The Morgan fingerprint density at radius 3 is 2.70 bits per heavy atom. The Morgan fingerprint density at radius 2 is 2.04 bits per heavy atom. The van der Waals surface area contributed by atoms with Crippen LogP contribution >= 0.6 is 0 Å². The molecule has 1 aliphatic rings. The highest BCUT2D eigenvalue weighted by Crippen LogP contribution is 2.10. The van der Waals surface area contributed by atoms with Crippen LogP contribution in [0.5, 0.6) is 0 Å². The van der Waals surface area contributed by atoms with E-state index in [0.717, 1.165) is 24.7 Å². The molecule has 1 amide bonds. The van der Waals surface area contributed by atoms with Gasteiger partial charge in [-0.25, -0.2) is 5.10 Å². The van der Waals surface area contributed by atoms with E-state index in [2.05, 4.69) is 20.1 Å². The van der Waals surface area contributed by atoms with E-state index in [9.17, 15) is 9.59 Å². The minimum Gasteiger partial charge on any atom is -0.339 e. The van der Waals surface area contributed by atoms with Crippen LogP contribution in [0.2, 0.25) is 0 Å². The lowest BCUT2D eigenvalue weighted by Gasteiger charge is -2.34. The van der Waals surface area contributed by atoms with Crippen molar-refractivity contribution in [2.75, 3.05) is 31.1 Å². The van der Waals surface area contributed by atoms with Crippen LogP contribution in [0.25, 0.3) is 0 Å². The topological polar surface area (TPSA) is 87.1 Å². The maximum absolute atomic E-state index is 12.3. The largest absolute Gasteiger partial charge is 0.339 e. The molecule has 3 rings (SSSR count). The smallest absolute Gasteiger partial charge is 0.250 e. The summed E-state index contributed by atoms with van der Waals surface area (Å²) in [7, 11) is 0. The zero-order valence-electron chi connectivity index (χ0n) is 13.1. The molecule has 0 saturated carbocycles. The second kappa shape index (κ2) is 6.64. The molecule has 1 fully saturated rings. The molecular formula is C15H20N6O2. The lowest BCUT2D eigenvalue weighted by atomic mass is 10.2. The van der Waals surface area contributed by atoms with Crippen molar-refractivity contribution in [2.24, 2.45) is 0 Å². The maximum atomic E-state index is 12.3. The summed E-state index contributed by atoms with van der Waals surface area (Å²) in [5.41, 5.74) is 0.813. The van der Waals surface area contributed by atoms with Gasteiger partial charge in [-0.2, -0.15) is 10.1 Å². The molecule has 0 bridgehead atoms. The number of nitrogens with zero attached hydrogens (tertiary/aromatic N) is 5. The van der Waals surface area contributed by atoms with Gasteiger partial charge in [0.25, 0.3) is 5.56 Å². The highest BCUT2D eigenvalue weighted by Gasteiger charge is 2.22. The molecule has 0 atom stereocenters. The number of aryl methyl sites for hydroxylation is 1. The van der Waals surface area contributed by atoms with Crippen LogP contribution in [0.1, 0.15) is 12.1 Å². The zero-order chi connectivity index (χ0) is 16.2. The number of rotatable bonds is 4. The predicted molar refractivity (Wildman–Crippen MR) is 85.2 cm³/mol. The fraction of sp³-hybridized carbons (Fsp3) is 0.467. The Kier molecular flexibility index (Phi) is 4.40. The monoisotopic (exact) mass is 316 g/mol. The van der Waals surface area contributed by atoms with Gasteiger partial charge in [0.15, 0.2) is 0 Å². The predicted octanol–water partition coefficient (Wildman–Crippen LogP) is 0.0137. The Morgan fingerprint density at radius 1 is 1.26 bits per heavy atom. The van der Waals surface area contributed by atoms with E-state index in [1.807, 2.05) is 17.9 Å². The second-order valence-corrected chi connectivity index (χ2v) is 5.58. The molecule has 3 heterocycles. The number of anilines is 1. The third-order valence-electron chi connectivity index (χ3n) is 4.15. The first-order valence-electron chi connectivity index (χ1n) is 7.69. The highest BCUT2D eigenvalue weighted by atomic mass is 16.2. The normalized spacial score (nSPS) is 15.0. The quantitative estimate of drug-likeness (QED) is 0.859. The van der Waals surface area contributed by atoms with E-state index in [0.29, 0.717) is 26.1 Å². The van der Waals surface area contributed by atoms with Gasteiger partial charge in [0.1, 0.15) is 6.33 Å². The van der Waals surface area contributed by atoms with Gasteiger partial charge >= 0.3 is 0 Å². The molecule has 2 aromatic heterocycles. The Hall–Kier alpha value is -2.64. The van der Waals surface area contributed by atoms with Gasteiger partial charge in [-0.1, -0.05) is 6.07 Å². The van der Waals surface area contributed by atoms with Crippen molar-refractivity contribution in [2.45, 2.75) is 19.9 Å². The third-order valence-corrected chi connectivity index (χ3v) is 4.15. The lowest BCUT2D eigenvalue weighted by Crippen LogP contribution is -2.49. The molecule has 8 heteroatoms. The van der Waals surface area contributed by atoms with E-state index < -0.39 is 0 Å². The molecule has 0 spiro atoms. The minimum atomic E-state index is -0.0621. The van der Waals surface area contributed by atoms with Crippen LogP contribution in [-0.2, 0) is 11.3 Å². The van der Waals surface area contributed by atoms with Crippen molar-refractivity contribution in [1.82, 2.24) is 24.6 Å². The standard InChI is InChI=1S/C15H20N6O2/c1-12-3-2-4-14(23)21(12)6-5-13(22)19-7-9-20(10-8-19)15-16-11-17-18-15/h2-4,11H,5-10H2,1H3,(H,16,17,18). The average Bonchev–Trinajstić information content (AvgIpc) is 3.09. The van der Waals surface area contributed by atoms with Gasteiger partial charge in [-0.05, 0) is 13.0 Å². The van der Waals surface area contributed by atoms with E-state index in [-0.39, 0.29) is 11.5 Å². The summed E-state index contributed by atoms with van der Waals surface area (Å²) in [4.78, 5) is 32.2. The molecule has 1 saturated heterocycles. The molecule has 0 radical (unpaired) electrons. The number of nitrogens with one attached hydrogen (secondary N) is 1. The number of carbonyl (C=O) groups excluding carboxylic acids is 1. The van der Waals surface area contributed by atoms with Gasteiger partial charge in [0, 0.05) is 50.9 Å². The number of carbonyl (C=O) groups is 1. The first kappa shape index (κ1) is 15.3. The molecular weight excluding hydrogens is 296 g/mol. The lowest BCUT2D eigenvalue weighted by molar-refractivity contribution is -0.131. The van der Waals surface area contributed by atoms with Gasteiger partial charge in [0.05, 0.1) is 0 Å². The van der Waals surface area contributed by atoms with Crippen LogP contribution < -0.4 is 10.5 Å². The highest BCUT2D eigenvalue weighted by molar-refractivity contribution is 5.76. The molecule has 2 aromatic rings. The number of aromatic amines is 1. The molecule has 122 valence electrons. The number of hydrogen-bond acceptors (Lipinski definition) is 5. The van der Waals surface area contributed by atoms with Crippen LogP contribution in [0, 0.1) is 6.92 Å². The molecule has 0 aliphatic carbocycles. The fourth-order valence-electron chi connectivity index (χ4n) is 2.79. The maximum Gasteiger partial charge on any atom is 0.250 e. The van der Waals surface area contributed by atoms with Crippen molar-refractivity contribution >= 4 is 11.9 Å². The third kappa shape index (κ3) is 3.41. The zero-order valence-corrected chi connectivity index (χ0v) is 13.1. The van der Waals surface area contributed by atoms with E-state index >= 15 is 0 Å². The molecule has 0 unspecified atom stereocenters. The Balaban J connectivity index is 1.53. The molecule has 1 aliphatic heterocycles. The Bertz CT molecular complexity index is 716. The van der Waals surface area contributed by atoms with Crippen LogP contribution in [0.3, 0.4) is 0 Å². The number of aromatic nitrogens is 4. The second-order valence-electron chi connectivity index (χ2n) is 5.58. The van der Waals surface area contributed by atoms with E-state index in [1.165, 1.54) is 12.4 Å². The van der Waals surface area contributed by atoms with Crippen LogP contribution in [0.4, 0.5) is 5.95 Å². The molecule has 0 aromatic carbocycles. The van der Waals surface area contributed by atoms with E-state index in [4.69, 9.17) is 0 Å². The SMILES string of the molecule is Cc1cccc(=O)n1CCC(=O)N1CCN(c2ncn[nH]2)CC1. The van der Waals surface area contributed by atoms with Crippen LogP contribution in [-0.4, -0.2) is 56.7 Å². The van der Waals surface area contributed by atoms with E-state index in [1.54, 1.807) is 10.6 Å². The molecule has 23 heavy (non-hydrogen) atoms. The molecule has 1 N–H and O–H groups in total. The van der Waals surface area contributed by atoms with Crippen LogP contribution in [0.15, 0.2) is 29.3 Å². The number of H-pyrrole nitrogens is 1. The van der Waals surface area contributed by atoms with Crippen molar-refractivity contribution in [3.8, 4) is 0 Å². The van der Waals surface area contributed by atoms with Gasteiger partial charge in [-0.15, -0.1) is 0 Å². The van der Waals surface area contributed by atoms with Crippen molar-refractivity contribution < 1.29 is 4.79 Å². The minimum absolute atomic E-state index is 0.0621. The summed E-state index contributed by atoms with van der Waals surface area (Å²) < 4.78 is 1.64. The van der Waals surface area contributed by atoms with Crippen molar-refractivity contribution in [1.29, 1.82) is 0 Å². The number of amides is 1. The summed E-state index contributed by atoms with van der Waals surface area (Å²) in [5, 5.41) is 6.67. The number of piperazine rings is 1. The van der Waals surface area contributed by atoms with Gasteiger partial charge < -0.3 is 14.4 Å². The first-order chi connectivity index (χ1) is 11.1. The summed E-state index contributed by atoms with van der Waals surface area (Å²) in [5.74, 6) is 0.820. The van der Waals surface area contributed by atoms with Gasteiger partial charge in [-0.3, -0.25) is 9.59 Å². The molecule has 8 nitrogen and oxygen atoms in total. The Labute approximate surface area is 133 Å². The number of pyridine rings is 1. The summed E-state index contributed by atoms with van der Waals surface area (Å²) in [6.07, 6.45) is 1.82. The summed E-state index contributed by atoms with van der Waals surface area (Å²) in [6.45, 7) is 5.07. The van der Waals surface area contributed by atoms with Crippen molar-refractivity contribution in [3.63, 3.8) is 0 Å². The fourth-order valence-corrected chi connectivity index (χ4v) is 2.79. The average molecular weight is 316 g/mol. The van der Waals surface area contributed by atoms with Gasteiger partial charge in [0.2, 0.25) is 11.9 Å². The van der Waals surface area contributed by atoms with Crippen molar-refractivity contribution in [3.05, 3.63) is 40.6 Å². The first-order valence-corrected chi connectivity index (χ1v) is 7.69. The number of hydrogen-bond donors (Lipinski definition) is 1. The summed E-state index contributed by atoms with van der Waals surface area (Å²) >= 11 is 0.